The quantitative estimate of drug-likeness (QED) is 0.168. The van der Waals surface area contributed by atoms with Gasteiger partial charge in [-0.05, 0) is 51.4 Å². The lowest BCUT2D eigenvalue weighted by atomic mass is 9.67. The molecule has 0 saturated heterocycles. The van der Waals surface area contributed by atoms with Crippen molar-refractivity contribution in [1.29, 1.82) is 0 Å². The Morgan fingerprint density at radius 1 is 0.875 bits per heavy atom. The molecule has 0 bridgehead atoms. The van der Waals surface area contributed by atoms with E-state index in [0.29, 0.717) is 12.8 Å². The van der Waals surface area contributed by atoms with Crippen molar-refractivity contribution in [3.05, 3.63) is 0 Å². The topological polar surface area (TPSA) is 63.6 Å². The van der Waals surface area contributed by atoms with Gasteiger partial charge in [0.2, 0.25) is 0 Å². The standard InChI is InChI=1S/C28H52O4/c1-5-6-7-8-9-10-14-19-24(20-15-12-11-13-18-23(2)3)32-27(31)28(4)22-17-16-21-25(28)26(29)30/h23-25H,5-22H2,1-4H3,(H,29,30). The van der Waals surface area contributed by atoms with E-state index in [1.54, 1.807) is 0 Å². The summed E-state index contributed by atoms with van der Waals surface area (Å²) in [5.74, 6) is -0.964. The van der Waals surface area contributed by atoms with Gasteiger partial charge in [-0.3, -0.25) is 9.59 Å². The minimum absolute atomic E-state index is 0.0589. The van der Waals surface area contributed by atoms with Crippen LogP contribution in [-0.2, 0) is 14.3 Å². The molecule has 0 amide bonds. The van der Waals surface area contributed by atoms with Crippen LogP contribution < -0.4 is 0 Å². The van der Waals surface area contributed by atoms with Crippen LogP contribution in [0.15, 0.2) is 0 Å². The lowest BCUT2D eigenvalue weighted by molar-refractivity contribution is -0.174. The summed E-state index contributed by atoms with van der Waals surface area (Å²) in [6.45, 7) is 8.61. The summed E-state index contributed by atoms with van der Waals surface area (Å²) in [5.41, 5.74) is -0.875. The summed E-state index contributed by atoms with van der Waals surface area (Å²) in [7, 11) is 0. The van der Waals surface area contributed by atoms with Crippen LogP contribution >= 0.6 is 0 Å². The molecule has 0 aromatic carbocycles. The Hall–Kier alpha value is -1.06. The first-order valence-corrected chi connectivity index (χ1v) is 13.7. The summed E-state index contributed by atoms with van der Waals surface area (Å²) >= 11 is 0. The van der Waals surface area contributed by atoms with Gasteiger partial charge in [-0.2, -0.15) is 0 Å². The van der Waals surface area contributed by atoms with E-state index in [4.69, 9.17) is 4.74 Å². The number of carbonyl (C=O) groups is 2. The Balaban J connectivity index is 2.55. The summed E-state index contributed by atoms with van der Waals surface area (Å²) in [6.07, 6.45) is 19.6. The van der Waals surface area contributed by atoms with E-state index < -0.39 is 17.3 Å². The number of ether oxygens (including phenoxy) is 1. The van der Waals surface area contributed by atoms with Crippen LogP contribution in [0.5, 0.6) is 0 Å². The first-order chi connectivity index (χ1) is 15.3. The van der Waals surface area contributed by atoms with Gasteiger partial charge in [0.1, 0.15) is 6.10 Å². The molecule has 0 heterocycles. The smallest absolute Gasteiger partial charge is 0.312 e. The second kappa shape index (κ2) is 16.5. The van der Waals surface area contributed by atoms with Gasteiger partial charge in [0, 0.05) is 0 Å². The molecule has 0 radical (unpaired) electrons. The highest BCUT2D eigenvalue weighted by atomic mass is 16.5. The molecule has 1 aliphatic carbocycles. The zero-order valence-corrected chi connectivity index (χ0v) is 21.6. The lowest BCUT2D eigenvalue weighted by Crippen LogP contribution is -2.44. The van der Waals surface area contributed by atoms with Crippen LogP contribution in [0.25, 0.3) is 0 Å². The van der Waals surface area contributed by atoms with Crippen molar-refractivity contribution in [3.63, 3.8) is 0 Å². The van der Waals surface area contributed by atoms with Gasteiger partial charge in [-0.1, -0.05) is 97.8 Å². The second-order valence-electron chi connectivity index (χ2n) is 10.9. The van der Waals surface area contributed by atoms with Gasteiger partial charge in [0.15, 0.2) is 0 Å². The zero-order chi connectivity index (χ0) is 23.8. The SMILES string of the molecule is CCCCCCCCCC(CCCCCCC(C)C)OC(=O)C1(C)CCCCC1C(=O)O. The number of carbonyl (C=O) groups excluding carboxylic acids is 1. The molecule has 1 N–H and O–H groups in total. The molecule has 0 aliphatic heterocycles. The molecule has 4 nitrogen and oxygen atoms in total. The molecule has 0 aromatic rings. The number of rotatable bonds is 18. The fraction of sp³-hybridized carbons (Fsp3) is 0.929. The van der Waals surface area contributed by atoms with Crippen LogP contribution in [0.1, 0.15) is 143 Å². The summed E-state index contributed by atoms with van der Waals surface area (Å²) in [4.78, 5) is 25.0. The average molecular weight is 453 g/mol. The van der Waals surface area contributed by atoms with Gasteiger partial charge in [0.05, 0.1) is 11.3 Å². The number of carboxylic acid groups (broad SMARTS) is 1. The highest BCUT2D eigenvalue weighted by molar-refractivity contribution is 5.84. The molecule has 3 unspecified atom stereocenters. The largest absolute Gasteiger partial charge is 0.481 e. The van der Waals surface area contributed by atoms with Gasteiger partial charge in [0.25, 0.3) is 0 Å². The Bertz CT molecular complexity index is 516. The number of esters is 1. The predicted molar refractivity (Wildman–Crippen MR) is 133 cm³/mol. The molecule has 0 aromatic heterocycles. The Morgan fingerprint density at radius 2 is 1.41 bits per heavy atom. The van der Waals surface area contributed by atoms with Gasteiger partial charge >= 0.3 is 11.9 Å². The Labute approximate surface area is 198 Å². The molecular formula is C28H52O4. The number of hydrogen-bond acceptors (Lipinski definition) is 3. The van der Waals surface area contributed by atoms with Crippen molar-refractivity contribution < 1.29 is 19.4 Å². The van der Waals surface area contributed by atoms with E-state index in [-0.39, 0.29) is 12.1 Å². The number of aliphatic carboxylic acids is 1. The molecule has 32 heavy (non-hydrogen) atoms. The molecule has 188 valence electrons. The number of unbranched alkanes of at least 4 members (excludes halogenated alkanes) is 9. The van der Waals surface area contributed by atoms with Gasteiger partial charge in [-0.15, -0.1) is 0 Å². The third-order valence-electron chi connectivity index (χ3n) is 7.43. The monoisotopic (exact) mass is 452 g/mol. The lowest BCUT2D eigenvalue weighted by Gasteiger charge is -2.37. The third kappa shape index (κ3) is 11.2. The van der Waals surface area contributed by atoms with Crippen molar-refractivity contribution in [2.45, 2.75) is 149 Å². The number of carboxylic acids is 1. The fourth-order valence-corrected chi connectivity index (χ4v) is 5.13. The highest BCUT2D eigenvalue weighted by Gasteiger charge is 2.48. The van der Waals surface area contributed by atoms with Crippen LogP contribution in [0.3, 0.4) is 0 Å². The van der Waals surface area contributed by atoms with Crippen LogP contribution in [0.4, 0.5) is 0 Å². The minimum Gasteiger partial charge on any atom is -0.481 e. The highest BCUT2D eigenvalue weighted by Crippen LogP contribution is 2.42. The normalized spacial score (nSPS) is 22.1. The van der Waals surface area contributed by atoms with E-state index >= 15 is 0 Å². The fourth-order valence-electron chi connectivity index (χ4n) is 5.13. The van der Waals surface area contributed by atoms with E-state index in [2.05, 4.69) is 20.8 Å². The third-order valence-corrected chi connectivity index (χ3v) is 7.43. The second-order valence-corrected chi connectivity index (χ2v) is 10.9. The molecule has 1 saturated carbocycles. The van der Waals surface area contributed by atoms with Crippen LogP contribution in [0.2, 0.25) is 0 Å². The minimum atomic E-state index is -0.875. The van der Waals surface area contributed by atoms with E-state index in [1.165, 1.54) is 64.2 Å². The molecule has 1 fully saturated rings. The van der Waals surface area contributed by atoms with Crippen molar-refractivity contribution in [3.8, 4) is 0 Å². The molecule has 1 rings (SSSR count). The number of hydrogen-bond donors (Lipinski definition) is 1. The van der Waals surface area contributed by atoms with E-state index in [1.807, 2.05) is 6.92 Å². The maximum Gasteiger partial charge on any atom is 0.312 e. The first-order valence-electron chi connectivity index (χ1n) is 13.7. The molecule has 0 spiro atoms. The van der Waals surface area contributed by atoms with Crippen molar-refractivity contribution in [2.24, 2.45) is 17.3 Å². The summed E-state index contributed by atoms with van der Waals surface area (Å²) in [6, 6.07) is 0. The molecule has 1 aliphatic rings. The van der Waals surface area contributed by atoms with Crippen LogP contribution in [-0.4, -0.2) is 23.1 Å². The van der Waals surface area contributed by atoms with Crippen molar-refractivity contribution in [1.82, 2.24) is 0 Å². The maximum absolute atomic E-state index is 13.2. The van der Waals surface area contributed by atoms with Gasteiger partial charge < -0.3 is 9.84 Å². The molecule has 3 atom stereocenters. The Kier molecular flexibility index (Phi) is 15.0. The van der Waals surface area contributed by atoms with Crippen LogP contribution in [0, 0.1) is 17.3 Å². The molecule has 4 heteroatoms. The maximum atomic E-state index is 13.2. The zero-order valence-electron chi connectivity index (χ0n) is 21.6. The first kappa shape index (κ1) is 29.0. The van der Waals surface area contributed by atoms with Crippen molar-refractivity contribution >= 4 is 11.9 Å². The predicted octanol–water partition coefficient (Wildman–Crippen LogP) is 8.32. The Morgan fingerprint density at radius 3 is 1.94 bits per heavy atom. The van der Waals surface area contributed by atoms with E-state index in [0.717, 1.165) is 44.4 Å². The average Bonchev–Trinajstić information content (AvgIpc) is 2.74. The van der Waals surface area contributed by atoms with Gasteiger partial charge in [-0.25, -0.2) is 0 Å². The molecular weight excluding hydrogens is 400 g/mol. The van der Waals surface area contributed by atoms with Crippen molar-refractivity contribution in [2.75, 3.05) is 0 Å². The summed E-state index contributed by atoms with van der Waals surface area (Å²) in [5, 5.41) is 9.67. The summed E-state index contributed by atoms with van der Waals surface area (Å²) < 4.78 is 6.06. The van der Waals surface area contributed by atoms with E-state index in [9.17, 15) is 14.7 Å².